The zero-order valence-corrected chi connectivity index (χ0v) is 31.5. The molecule has 1 spiro atoms. The number of hydrogen-bond donors (Lipinski definition) is 0. The van der Waals surface area contributed by atoms with E-state index in [0.29, 0.717) is 23.5 Å². The van der Waals surface area contributed by atoms with Gasteiger partial charge in [-0.1, -0.05) is 13.8 Å². The first kappa shape index (κ1) is 36.1. The van der Waals surface area contributed by atoms with Crippen LogP contribution in [0, 0.1) is 23.2 Å². The van der Waals surface area contributed by atoms with Crippen LogP contribution in [0.5, 0.6) is 0 Å². The largest absolute Gasteiger partial charge is 0.376 e. The predicted octanol–water partition coefficient (Wildman–Crippen LogP) is 4.59. The molecule has 7 aliphatic rings. The van der Waals surface area contributed by atoms with Crippen LogP contribution in [0.15, 0.2) is 0 Å². The van der Waals surface area contributed by atoms with Gasteiger partial charge in [0.1, 0.15) is 0 Å². The molecule has 276 valence electrons. The SMILES string of the molecule is CC(C)[C@@H]1CN(C2CCN(CC3CCN(CCC[C@@H]4CN(C5CC6(CCCN(CC7CCN(C)CC7)C6)C5)CCO4)CC3)CC2)CCO1. The van der Waals surface area contributed by atoms with Crippen molar-refractivity contribution in [2.45, 2.75) is 115 Å². The minimum atomic E-state index is 0.430. The summed E-state index contributed by atoms with van der Waals surface area (Å²) in [6.45, 7) is 25.6. The Hall–Kier alpha value is -0.320. The quantitative estimate of drug-likeness (QED) is 0.317. The molecule has 8 nitrogen and oxygen atoms in total. The average Bonchev–Trinajstić information content (AvgIpc) is 3.09. The fourth-order valence-electron chi connectivity index (χ4n) is 11.1. The van der Waals surface area contributed by atoms with Gasteiger partial charge in [-0.3, -0.25) is 9.80 Å². The third-order valence-corrected chi connectivity index (χ3v) is 14.3. The van der Waals surface area contributed by atoms with Crippen molar-refractivity contribution < 1.29 is 9.47 Å². The van der Waals surface area contributed by atoms with Crippen molar-refractivity contribution in [1.29, 1.82) is 0 Å². The summed E-state index contributed by atoms with van der Waals surface area (Å²) in [5, 5.41) is 0. The van der Waals surface area contributed by atoms with Crippen molar-refractivity contribution in [2.75, 3.05) is 118 Å². The van der Waals surface area contributed by atoms with Crippen LogP contribution < -0.4 is 0 Å². The number of piperidine rings is 4. The molecule has 0 bridgehead atoms. The monoisotopic (exact) mass is 671 g/mol. The Labute approximate surface area is 295 Å². The number of ether oxygens (including phenoxy) is 2. The summed E-state index contributed by atoms with van der Waals surface area (Å²) in [7, 11) is 2.29. The third-order valence-electron chi connectivity index (χ3n) is 14.3. The zero-order valence-electron chi connectivity index (χ0n) is 31.5. The number of likely N-dealkylation sites (tertiary alicyclic amines) is 4. The summed E-state index contributed by atoms with van der Waals surface area (Å²) in [6, 6.07) is 1.60. The topological polar surface area (TPSA) is 37.9 Å². The van der Waals surface area contributed by atoms with Gasteiger partial charge in [-0.25, -0.2) is 0 Å². The first-order valence-electron chi connectivity index (χ1n) is 21.0. The lowest BCUT2D eigenvalue weighted by Gasteiger charge is -2.57. The van der Waals surface area contributed by atoms with Crippen molar-refractivity contribution in [2.24, 2.45) is 23.2 Å². The summed E-state index contributed by atoms with van der Waals surface area (Å²) in [4.78, 5) is 16.5. The molecule has 1 saturated carbocycles. The molecule has 2 atom stereocenters. The number of nitrogens with zero attached hydrogens (tertiary/aromatic N) is 6. The van der Waals surface area contributed by atoms with E-state index in [2.05, 4.69) is 50.3 Å². The Morgan fingerprint density at radius 3 is 2.04 bits per heavy atom. The highest BCUT2D eigenvalue weighted by Gasteiger charge is 2.49. The highest BCUT2D eigenvalue weighted by Crippen LogP contribution is 2.50. The van der Waals surface area contributed by atoms with Crippen LogP contribution in [0.4, 0.5) is 0 Å². The Balaban J connectivity index is 0.743. The molecule has 6 aliphatic heterocycles. The van der Waals surface area contributed by atoms with Gasteiger partial charge in [0.25, 0.3) is 0 Å². The van der Waals surface area contributed by atoms with Crippen molar-refractivity contribution in [1.82, 2.24) is 29.4 Å². The second-order valence-electron chi connectivity index (χ2n) is 18.2. The summed E-state index contributed by atoms with van der Waals surface area (Å²) >= 11 is 0. The molecule has 48 heavy (non-hydrogen) atoms. The summed E-state index contributed by atoms with van der Waals surface area (Å²) in [5.41, 5.74) is 0.630. The second-order valence-corrected chi connectivity index (χ2v) is 18.2. The van der Waals surface area contributed by atoms with Gasteiger partial charge in [0.05, 0.1) is 25.4 Å². The summed E-state index contributed by atoms with van der Waals surface area (Å²) in [5.74, 6) is 2.46. The molecule has 6 saturated heterocycles. The van der Waals surface area contributed by atoms with Crippen molar-refractivity contribution in [3.63, 3.8) is 0 Å². The van der Waals surface area contributed by atoms with E-state index < -0.39 is 0 Å². The van der Waals surface area contributed by atoms with Gasteiger partial charge in [0.15, 0.2) is 0 Å². The molecule has 1 aliphatic carbocycles. The van der Waals surface area contributed by atoms with Crippen LogP contribution in [-0.2, 0) is 9.47 Å². The standard InChI is InChI=1S/C40H74N6O2/c1-33(2)39-31-46(23-25-48-39)36-11-20-43(21-12-36)28-35-9-18-42(19-10-35)14-4-6-38-30-45(22-24-47-38)37-26-40(27-37)13-5-15-44(32-40)29-34-7-16-41(3)17-8-34/h33-39H,4-32H2,1-3H3/t37?,38-,39+,40?/m1/s1. The Kier molecular flexibility index (Phi) is 12.8. The molecule has 0 aromatic rings. The Morgan fingerprint density at radius 2 is 1.31 bits per heavy atom. The third kappa shape index (κ3) is 9.56. The van der Waals surface area contributed by atoms with Crippen LogP contribution in [-0.4, -0.2) is 172 Å². The number of hydrogen-bond acceptors (Lipinski definition) is 8. The Morgan fingerprint density at radius 1 is 0.667 bits per heavy atom. The van der Waals surface area contributed by atoms with Crippen molar-refractivity contribution in [3.05, 3.63) is 0 Å². The molecule has 0 aromatic carbocycles. The molecular formula is C40H74N6O2. The lowest BCUT2D eigenvalue weighted by atomic mass is 9.60. The molecule has 0 aromatic heterocycles. The molecule has 7 fully saturated rings. The lowest BCUT2D eigenvalue weighted by molar-refractivity contribution is -0.104. The van der Waals surface area contributed by atoms with Crippen LogP contribution in [0.3, 0.4) is 0 Å². The normalized spacial score (nSPS) is 35.9. The van der Waals surface area contributed by atoms with Gasteiger partial charge in [-0.2, -0.15) is 0 Å². The molecule has 0 amide bonds. The van der Waals surface area contributed by atoms with E-state index in [1.165, 1.54) is 156 Å². The van der Waals surface area contributed by atoms with Gasteiger partial charge >= 0.3 is 0 Å². The molecule has 0 unspecified atom stereocenters. The minimum absolute atomic E-state index is 0.430. The maximum Gasteiger partial charge on any atom is 0.0725 e. The van der Waals surface area contributed by atoms with Crippen LogP contribution >= 0.6 is 0 Å². The fraction of sp³-hybridized carbons (Fsp3) is 1.00. The molecular weight excluding hydrogens is 596 g/mol. The Bertz CT molecular complexity index is 953. The van der Waals surface area contributed by atoms with Gasteiger partial charge in [-0.05, 0) is 160 Å². The van der Waals surface area contributed by atoms with Gasteiger partial charge in [0, 0.05) is 57.9 Å². The maximum atomic E-state index is 6.34. The van der Waals surface area contributed by atoms with Crippen LogP contribution in [0.25, 0.3) is 0 Å². The van der Waals surface area contributed by atoms with Gasteiger partial charge in [0.2, 0.25) is 0 Å². The van der Waals surface area contributed by atoms with E-state index in [9.17, 15) is 0 Å². The minimum Gasteiger partial charge on any atom is -0.376 e. The first-order chi connectivity index (χ1) is 23.4. The lowest BCUT2D eigenvalue weighted by Crippen LogP contribution is -2.60. The summed E-state index contributed by atoms with van der Waals surface area (Å²) in [6.07, 6.45) is 17.5. The molecule has 6 heterocycles. The number of morpholine rings is 2. The van der Waals surface area contributed by atoms with E-state index >= 15 is 0 Å². The van der Waals surface area contributed by atoms with Gasteiger partial charge in [-0.15, -0.1) is 0 Å². The molecule has 0 N–H and O–H groups in total. The maximum absolute atomic E-state index is 6.34. The van der Waals surface area contributed by atoms with E-state index in [1.54, 1.807) is 0 Å². The average molecular weight is 671 g/mol. The van der Waals surface area contributed by atoms with E-state index in [-0.39, 0.29) is 0 Å². The number of rotatable bonds is 11. The van der Waals surface area contributed by atoms with E-state index in [1.807, 2.05) is 0 Å². The van der Waals surface area contributed by atoms with Crippen molar-refractivity contribution in [3.8, 4) is 0 Å². The van der Waals surface area contributed by atoms with Crippen LogP contribution in [0.2, 0.25) is 0 Å². The smallest absolute Gasteiger partial charge is 0.0725 e. The fourth-order valence-corrected chi connectivity index (χ4v) is 11.1. The summed E-state index contributed by atoms with van der Waals surface area (Å²) < 4.78 is 12.4. The molecule has 7 rings (SSSR count). The second kappa shape index (κ2) is 17.0. The van der Waals surface area contributed by atoms with Crippen molar-refractivity contribution >= 4 is 0 Å². The highest BCUT2D eigenvalue weighted by molar-refractivity contribution is 5.03. The first-order valence-corrected chi connectivity index (χ1v) is 21.0. The zero-order chi connectivity index (χ0) is 32.9. The molecule has 0 radical (unpaired) electrons. The van der Waals surface area contributed by atoms with E-state index in [4.69, 9.17) is 9.47 Å². The predicted molar refractivity (Wildman–Crippen MR) is 197 cm³/mol. The molecule has 8 heteroatoms. The van der Waals surface area contributed by atoms with Gasteiger partial charge < -0.3 is 29.1 Å². The van der Waals surface area contributed by atoms with Crippen LogP contribution in [0.1, 0.15) is 90.9 Å². The van der Waals surface area contributed by atoms with E-state index in [0.717, 1.165) is 56.8 Å². The highest BCUT2D eigenvalue weighted by atomic mass is 16.5.